The van der Waals surface area contributed by atoms with E-state index in [1.165, 1.54) is 0 Å². The summed E-state index contributed by atoms with van der Waals surface area (Å²) in [6, 6.07) is 0. The van der Waals surface area contributed by atoms with Crippen LogP contribution >= 0.6 is 0 Å². The van der Waals surface area contributed by atoms with Gasteiger partial charge >= 0.3 is 11.9 Å². The van der Waals surface area contributed by atoms with Crippen LogP contribution in [0.25, 0.3) is 0 Å². The Morgan fingerprint density at radius 3 is 1.70 bits per heavy atom. The maximum atomic E-state index is 11.3. The van der Waals surface area contributed by atoms with E-state index in [-0.39, 0.29) is 0 Å². The standard InChI is InChI=1S/C14H18O9/c1-3-8(15)11(18)6-22-13(20)5-10(17)14(21)23-7-12(19)9(16)4-2/h3-4,10-12,17-19H,1-2,5-7H2. The lowest BCUT2D eigenvalue weighted by Crippen LogP contribution is -2.33. The third-order valence-electron chi connectivity index (χ3n) is 2.48. The molecule has 0 bridgehead atoms. The van der Waals surface area contributed by atoms with Gasteiger partial charge in [0.25, 0.3) is 0 Å². The molecule has 3 unspecified atom stereocenters. The Labute approximate surface area is 131 Å². The lowest BCUT2D eigenvalue weighted by Gasteiger charge is -2.13. The van der Waals surface area contributed by atoms with Gasteiger partial charge in [0.15, 0.2) is 29.9 Å². The van der Waals surface area contributed by atoms with Gasteiger partial charge in [-0.2, -0.15) is 0 Å². The van der Waals surface area contributed by atoms with Gasteiger partial charge in [-0.3, -0.25) is 14.4 Å². The molecular formula is C14H18O9. The Morgan fingerprint density at radius 2 is 1.26 bits per heavy atom. The number of ketones is 2. The molecule has 3 atom stereocenters. The second-order valence-corrected chi connectivity index (χ2v) is 4.28. The topological polar surface area (TPSA) is 147 Å². The first-order valence-electron chi connectivity index (χ1n) is 6.41. The van der Waals surface area contributed by atoms with Crippen molar-refractivity contribution in [2.24, 2.45) is 0 Å². The summed E-state index contributed by atoms with van der Waals surface area (Å²) in [4.78, 5) is 44.5. The minimum atomic E-state index is -1.89. The molecule has 3 N–H and O–H groups in total. The maximum absolute atomic E-state index is 11.3. The van der Waals surface area contributed by atoms with Gasteiger partial charge in [-0.1, -0.05) is 13.2 Å². The van der Waals surface area contributed by atoms with E-state index >= 15 is 0 Å². The lowest BCUT2D eigenvalue weighted by atomic mass is 10.2. The molecule has 0 aliphatic carbocycles. The second-order valence-electron chi connectivity index (χ2n) is 4.28. The largest absolute Gasteiger partial charge is 0.462 e. The highest BCUT2D eigenvalue weighted by atomic mass is 16.6. The van der Waals surface area contributed by atoms with Crippen LogP contribution in [0.2, 0.25) is 0 Å². The number of ether oxygens (including phenoxy) is 2. The van der Waals surface area contributed by atoms with Crippen LogP contribution in [0, 0.1) is 0 Å². The number of hydrogen-bond acceptors (Lipinski definition) is 9. The summed E-state index contributed by atoms with van der Waals surface area (Å²) in [5.41, 5.74) is 0. The van der Waals surface area contributed by atoms with Crippen molar-refractivity contribution < 1.29 is 44.0 Å². The average Bonchev–Trinajstić information content (AvgIpc) is 2.55. The summed E-state index contributed by atoms with van der Waals surface area (Å²) >= 11 is 0. The molecule has 0 spiro atoms. The van der Waals surface area contributed by atoms with E-state index in [2.05, 4.69) is 22.6 Å². The molecule has 0 fully saturated rings. The van der Waals surface area contributed by atoms with Crippen LogP contribution < -0.4 is 0 Å². The van der Waals surface area contributed by atoms with Crippen molar-refractivity contribution in [3.05, 3.63) is 25.3 Å². The molecule has 9 heteroatoms. The fraction of sp³-hybridized carbons (Fsp3) is 0.429. The van der Waals surface area contributed by atoms with E-state index in [1.807, 2.05) is 0 Å². The molecule has 128 valence electrons. The summed E-state index contributed by atoms with van der Waals surface area (Å²) in [6.07, 6.45) is -4.20. The van der Waals surface area contributed by atoms with Crippen molar-refractivity contribution >= 4 is 23.5 Å². The number of hydrogen-bond donors (Lipinski definition) is 3. The molecule has 0 saturated carbocycles. The van der Waals surface area contributed by atoms with E-state index in [4.69, 9.17) is 0 Å². The molecule has 0 radical (unpaired) electrons. The minimum absolute atomic E-state index is 0.655. The molecule has 0 saturated heterocycles. The fourth-order valence-corrected chi connectivity index (χ4v) is 1.17. The smallest absolute Gasteiger partial charge is 0.335 e. The molecular weight excluding hydrogens is 312 g/mol. The van der Waals surface area contributed by atoms with E-state index in [9.17, 15) is 34.5 Å². The van der Waals surface area contributed by atoms with Crippen LogP contribution in [0.4, 0.5) is 0 Å². The SMILES string of the molecule is C=CC(=O)C(O)COC(=O)CC(O)C(=O)OCC(O)C(=O)C=C. The van der Waals surface area contributed by atoms with Crippen molar-refractivity contribution in [2.75, 3.05) is 13.2 Å². The Morgan fingerprint density at radius 1 is 0.826 bits per heavy atom. The predicted molar refractivity (Wildman–Crippen MR) is 75.0 cm³/mol. The van der Waals surface area contributed by atoms with Crippen LogP contribution in [-0.2, 0) is 28.7 Å². The van der Waals surface area contributed by atoms with Gasteiger partial charge in [0.2, 0.25) is 0 Å². The Bertz CT molecular complexity index is 483. The summed E-state index contributed by atoms with van der Waals surface area (Å²) < 4.78 is 8.93. The van der Waals surface area contributed by atoms with Crippen LogP contribution in [0.5, 0.6) is 0 Å². The Kier molecular flexibility index (Phi) is 9.31. The number of rotatable bonds is 11. The van der Waals surface area contributed by atoms with Crippen LogP contribution in [0.1, 0.15) is 6.42 Å². The Balaban J connectivity index is 4.18. The first-order chi connectivity index (χ1) is 10.7. The third kappa shape index (κ3) is 8.00. The first kappa shape index (κ1) is 20.6. The van der Waals surface area contributed by atoms with Gasteiger partial charge in [-0.05, 0) is 12.2 Å². The molecule has 0 aromatic heterocycles. The molecule has 0 rings (SSSR count). The molecule has 0 aliphatic rings. The van der Waals surface area contributed by atoms with E-state index in [0.29, 0.717) is 0 Å². The highest BCUT2D eigenvalue weighted by Crippen LogP contribution is 2.01. The minimum Gasteiger partial charge on any atom is -0.462 e. The average molecular weight is 330 g/mol. The van der Waals surface area contributed by atoms with Gasteiger partial charge in [0.1, 0.15) is 13.2 Å². The number of esters is 2. The van der Waals surface area contributed by atoms with E-state index < -0.39 is 61.5 Å². The zero-order valence-electron chi connectivity index (χ0n) is 12.2. The van der Waals surface area contributed by atoms with Crippen LogP contribution in [-0.4, -0.2) is 70.4 Å². The molecule has 0 aliphatic heterocycles. The molecule has 9 nitrogen and oxygen atoms in total. The van der Waals surface area contributed by atoms with Crippen LogP contribution in [0.3, 0.4) is 0 Å². The van der Waals surface area contributed by atoms with Gasteiger partial charge in [0.05, 0.1) is 6.42 Å². The maximum Gasteiger partial charge on any atom is 0.335 e. The molecule has 0 aromatic carbocycles. The number of aliphatic hydroxyl groups is 3. The van der Waals surface area contributed by atoms with Crippen molar-refractivity contribution in [3.8, 4) is 0 Å². The van der Waals surface area contributed by atoms with Gasteiger partial charge in [-0.15, -0.1) is 0 Å². The zero-order valence-corrected chi connectivity index (χ0v) is 12.2. The number of aliphatic hydroxyl groups excluding tert-OH is 3. The molecule has 0 heterocycles. The number of carbonyl (C=O) groups is 4. The predicted octanol–water partition coefficient (Wildman–Crippen LogP) is -1.94. The molecule has 23 heavy (non-hydrogen) atoms. The van der Waals surface area contributed by atoms with E-state index in [1.54, 1.807) is 0 Å². The second kappa shape index (κ2) is 10.4. The quantitative estimate of drug-likeness (QED) is 0.290. The van der Waals surface area contributed by atoms with E-state index in [0.717, 1.165) is 12.2 Å². The van der Waals surface area contributed by atoms with Crippen molar-refractivity contribution in [1.82, 2.24) is 0 Å². The van der Waals surface area contributed by atoms with Gasteiger partial charge in [0, 0.05) is 0 Å². The highest BCUT2D eigenvalue weighted by molar-refractivity contribution is 5.93. The Hall–Kier alpha value is -2.36. The fourth-order valence-electron chi connectivity index (χ4n) is 1.17. The first-order valence-corrected chi connectivity index (χ1v) is 6.41. The number of carbonyl (C=O) groups excluding carboxylic acids is 4. The van der Waals surface area contributed by atoms with Gasteiger partial charge < -0.3 is 24.8 Å². The highest BCUT2D eigenvalue weighted by Gasteiger charge is 2.24. The van der Waals surface area contributed by atoms with Gasteiger partial charge in [-0.25, -0.2) is 4.79 Å². The summed E-state index contributed by atoms with van der Waals surface area (Å²) in [5, 5.41) is 27.8. The summed E-state index contributed by atoms with van der Waals surface area (Å²) in [5.74, 6) is -3.83. The van der Waals surface area contributed by atoms with Crippen molar-refractivity contribution in [1.29, 1.82) is 0 Å². The molecule has 0 aromatic rings. The van der Waals surface area contributed by atoms with Crippen molar-refractivity contribution in [2.45, 2.75) is 24.7 Å². The van der Waals surface area contributed by atoms with Crippen molar-refractivity contribution in [3.63, 3.8) is 0 Å². The van der Waals surface area contributed by atoms with Crippen LogP contribution in [0.15, 0.2) is 25.3 Å². The monoisotopic (exact) mass is 330 g/mol. The lowest BCUT2D eigenvalue weighted by molar-refractivity contribution is -0.163. The zero-order chi connectivity index (χ0) is 18.0. The normalized spacial score (nSPS) is 14.0. The third-order valence-corrected chi connectivity index (χ3v) is 2.48. The summed E-state index contributed by atoms with van der Waals surface area (Å²) in [7, 11) is 0. The summed E-state index contributed by atoms with van der Waals surface area (Å²) in [6.45, 7) is 4.90. The molecule has 0 amide bonds.